The van der Waals surface area contributed by atoms with Crippen LogP contribution in [0.3, 0.4) is 0 Å². The molecule has 2 aliphatic rings. The maximum Gasteiger partial charge on any atom is 0.862 e. The first-order valence-electron chi connectivity index (χ1n) is 21.2. The largest absolute Gasteiger partial charge is 0.862 e. The van der Waals surface area contributed by atoms with Crippen LogP contribution in [0.25, 0.3) is 0 Å². The molecule has 0 radical (unpaired) electrons. The highest BCUT2D eigenvalue weighted by atomic mass is 27.3. The summed E-state index contributed by atoms with van der Waals surface area (Å²) in [4.78, 5) is 0. The summed E-state index contributed by atoms with van der Waals surface area (Å²) in [7, 11) is -0.455. The smallest absolute Gasteiger partial charge is 0.499 e. The zero-order chi connectivity index (χ0) is 33.5. The Labute approximate surface area is 304 Å². The molecule has 2 aliphatic heterocycles. The second-order valence-electron chi connectivity index (χ2n) is 14.6. The molecule has 0 aliphatic carbocycles. The first kappa shape index (κ1) is 44.2. The lowest BCUT2D eigenvalue weighted by molar-refractivity contribution is 0.159. The summed E-state index contributed by atoms with van der Waals surface area (Å²) in [6.07, 6.45) is 43.1. The molecule has 0 aromatic heterocycles. The minimum Gasteiger partial charge on any atom is -0.499 e. The monoisotopic (exact) mass is 691 g/mol. The molecule has 2 rings (SSSR count). The van der Waals surface area contributed by atoms with Crippen LogP contribution in [0, 0.1) is 0 Å². The van der Waals surface area contributed by atoms with E-state index in [9.17, 15) is 0 Å². The van der Waals surface area contributed by atoms with Crippen LogP contribution in [0.4, 0.5) is 0 Å². The second-order valence-corrected chi connectivity index (χ2v) is 17.4. The van der Waals surface area contributed by atoms with Crippen molar-refractivity contribution in [2.24, 2.45) is 0 Å². The zero-order valence-corrected chi connectivity index (χ0v) is 34.0. The van der Waals surface area contributed by atoms with Crippen LogP contribution in [0.2, 0.25) is 19.0 Å². The normalized spacial score (nSPS) is 14.6. The van der Waals surface area contributed by atoms with E-state index in [2.05, 4.69) is 20.8 Å². The molecule has 2 saturated heterocycles. The summed E-state index contributed by atoms with van der Waals surface area (Å²) in [5.74, 6) is 0. The third kappa shape index (κ3) is 25.6. The molecule has 0 aromatic carbocycles. The van der Waals surface area contributed by atoms with E-state index in [1.807, 2.05) is 0 Å². The van der Waals surface area contributed by atoms with Crippen molar-refractivity contribution in [3.8, 4) is 0 Å². The maximum absolute atomic E-state index is 6.25. The van der Waals surface area contributed by atoms with Crippen molar-refractivity contribution >= 4 is 51.7 Å². The highest BCUT2D eigenvalue weighted by Crippen LogP contribution is 2.24. The first-order chi connectivity index (χ1) is 23.2. The Bertz CT molecular complexity index is 620. The van der Waals surface area contributed by atoms with Crippen LogP contribution < -0.4 is 0 Å². The fraction of sp³-hybridized carbons (Fsp3) is 1.00. The Morgan fingerprint density at radius 1 is 0.362 bits per heavy atom. The van der Waals surface area contributed by atoms with Crippen molar-refractivity contribution < 1.29 is 22.2 Å². The predicted molar refractivity (Wildman–Crippen MR) is 205 cm³/mol. The van der Waals surface area contributed by atoms with Crippen LogP contribution >= 0.6 is 0 Å². The van der Waals surface area contributed by atoms with Crippen LogP contribution in [-0.2, 0) is 22.2 Å². The lowest BCUT2D eigenvalue weighted by Crippen LogP contribution is -2.57. The summed E-state index contributed by atoms with van der Waals surface area (Å²) in [5.41, 5.74) is 0. The summed E-state index contributed by atoms with van der Waals surface area (Å²) >= 11 is -4.20. The van der Waals surface area contributed by atoms with Crippen molar-refractivity contribution in [1.82, 2.24) is 0 Å². The third-order valence-electron chi connectivity index (χ3n) is 9.96. The van der Waals surface area contributed by atoms with Gasteiger partial charge in [0.1, 0.15) is 0 Å². The minimum atomic E-state index is -2.10. The van der Waals surface area contributed by atoms with Crippen LogP contribution in [-0.4, -0.2) is 51.7 Å². The molecule has 0 atom stereocenters. The molecular formula is C36H75Al2B3O6. The molecule has 6 nitrogen and oxygen atoms in total. The SMILES string of the molecule is CCCCCCCCCCCCB1[O][Al]([O]B(CCCCCCCCCCCC)[O][Al]2[O]B(CCCCCCCCCCCC)[O]2)[O]1. The van der Waals surface area contributed by atoms with E-state index in [4.69, 9.17) is 22.2 Å². The Hall–Kier alpha value is 1.02. The van der Waals surface area contributed by atoms with Gasteiger partial charge in [-0.15, -0.1) is 0 Å². The van der Waals surface area contributed by atoms with Crippen molar-refractivity contribution in [2.45, 2.75) is 232 Å². The molecule has 11 heteroatoms. The molecular weight excluding hydrogens is 615 g/mol. The van der Waals surface area contributed by atoms with Crippen molar-refractivity contribution in [2.75, 3.05) is 0 Å². The van der Waals surface area contributed by atoms with Gasteiger partial charge in [-0.3, -0.25) is 0 Å². The molecule has 47 heavy (non-hydrogen) atoms. The predicted octanol–water partition coefficient (Wildman–Crippen LogP) is 12.3. The zero-order valence-electron chi connectivity index (χ0n) is 31.7. The van der Waals surface area contributed by atoms with Crippen LogP contribution in [0.5, 0.6) is 0 Å². The molecule has 0 amide bonds. The topological polar surface area (TPSA) is 55.4 Å². The highest BCUT2D eigenvalue weighted by molar-refractivity contribution is 6.77. The molecule has 0 N–H and O–H groups in total. The van der Waals surface area contributed by atoms with Gasteiger partial charge in [0.25, 0.3) is 0 Å². The van der Waals surface area contributed by atoms with Gasteiger partial charge in [-0.05, 0) is 19.0 Å². The number of unbranched alkanes of at least 4 members (excludes halogenated alkanes) is 27. The van der Waals surface area contributed by atoms with E-state index in [-0.39, 0.29) is 21.4 Å². The fourth-order valence-electron chi connectivity index (χ4n) is 6.73. The van der Waals surface area contributed by atoms with Gasteiger partial charge < -0.3 is 22.2 Å². The average Bonchev–Trinajstić information content (AvgIpc) is 3.04. The summed E-state index contributed by atoms with van der Waals surface area (Å²) in [6.45, 7) is 6.85. The second kappa shape index (κ2) is 32.9. The number of hydrogen-bond donors (Lipinski definition) is 0. The van der Waals surface area contributed by atoms with Crippen LogP contribution in [0.15, 0.2) is 0 Å². The Morgan fingerprint density at radius 3 is 0.915 bits per heavy atom. The first-order valence-corrected chi connectivity index (χ1v) is 24.0. The van der Waals surface area contributed by atoms with E-state index in [0.717, 1.165) is 25.4 Å². The molecule has 0 spiro atoms. The van der Waals surface area contributed by atoms with E-state index >= 15 is 0 Å². The molecule has 2 fully saturated rings. The van der Waals surface area contributed by atoms with E-state index in [1.165, 1.54) is 186 Å². The average molecular weight is 690 g/mol. The molecule has 270 valence electrons. The van der Waals surface area contributed by atoms with Crippen molar-refractivity contribution in [1.29, 1.82) is 0 Å². The van der Waals surface area contributed by atoms with Crippen LogP contribution in [0.1, 0.15) is 213 Å². The van der Waals surface area contributed by atoms with E-state index in [0.29, 0.717) is 0 Å². The summed E-state index contributed by atoms with van der Waals surface area (Å²) in [6, 6.07) is 0. The van der Waals surface area contributed by atoms with Gasteiger partial charge in [-0.2, -0.15) is 0 Å². The fourth-order valence-corrected chi connectivity index (χ4v) is 9.59. The van der Waals surface area contributed by atoms with Gasteiger partial charge in [0.15, 0.2) is 0 Å². The highest BCUT2D eigenvalue weighted by Gasteiger charge is 2.54. The van der Waals surface area contributed by atoms with Gasteiger partial charge in [-0.1, -0.05) is 213 Å². The molecule has 0 bridgehead atoms. The van der Waals surface area contributed by atoms with Gasteiger partial charge in [0.05, 0.1) is 0 Å². The number of hydrogen-bond acceptors (Lipinski definition) is 6. The molecule has 0 unspecified atom stereocenters. The van der Waals surface area contributed by atoms with Gasteiger partial charge in [0, 0.05) is 0 Å². The molecule has 2 heterocycles. The quantitative estimate of drug-likeness (QED) is 0.0478. The molecule has 0 aromatic rings. The summed E-state index contributed by atoms with van der Waals surface area (Å²) in [5, 5.41) is 0. The lowest BCUT2D eigenvalue weighted by atomic mass is 9.83. The van der Waals surface area contributed by atoms with E-state index in [1.54, 1.807) is 0 Å². The lowest BCUT2D eigenvalue weighted by Gasteiger charge is -2.35. The van der Waals surface area contributed by atoms with Crippen molar-refractivity contribution in [3.05, 3.63) is 0 Å². The van der Waals surface area contributed by atoms with Gasteiger partial charge in [-0.25, -0.2) is 0 Å². The molecule has 0 saturated carbocycles. The maximum atomic E-state index is 6.25. The van der Waals surface area contributed by atoms with Crippen molar-refractivity contribution in [3.63, 3.8) is 0 Å². The Kier molecular flexibility index (Phi) is 30.9. The number of rotatable bonds is 37. The van der Waals surface area contributed by atoms with Gasteiger partial charge in [0.2, 0.25) is 0 Å². The Balaban J connectivity index is 1.53. The minimum absolute atomic E-state index is 0.0717. The van der Waals surface area contributed by atoms with E-state index < -0.39 is 30.3 Å². The third-order valence-corrected chi connectivity index (χ3v) is 13.1. The Morgan fingerprint density at radius 2 is 0.617 bits per heavy atom. The van der Waals surface area contributed by atoms with Gasteiger partial charge >= 0.3 is 51.7 Å². The summed E-state index contributed by atoms with van der Waals surface area (Å²) < 4.78 is 36.8. The standard InChI is InChI=1S/3C12H25BO2.2Al/c3*1-2-3-4-5-6-7-8-9-10-11-12-13(14)15;;/h3*2-12H2,1H3;;/q3*-2;2*+3.